The molecule has 1 saturated carbocycles. The number of rotatable bonds is 6. The van der Waals surface area contributed by atoms with Crippen LogP contribution in [0.4, 0.5) is 0 Å². The Morgan fingerprint density at radius 1 is 1.33 bits per heavy atom. The van der Waals surface area contributed by atoms with Crippen LogP contribution in [0.15, 0.2) is 33.2 Å². The molecule has 0 unspecified atom stereocenters. The molecule has 0 saturated heterocycles. The number of aromatic nitrogens is 2. The van der Waals surface area contributed by atoms with Gasteiger partial charge in [0.25, 0.3) is 0 Å². The second kappa shape index (κ2) is 6.36. The Labute approximate surface area is 130 Å². The van der Waals surface area contributed by atoms with Crippen molar-refractivity contribution >= 4 is 21.8 Å². The maximum atomic E-state index is 11.5. The second-order valence-corrected chi connectivity index (χ2v) is 5.78. The zero-order chi connectivity index (χ0) is 14.7. The summed E-state index contributed by atoms with van der Waals surface area (Å²) in [6.45, 7) is 0.624. The maximum Gasteiger partial charge on any atom is 0.248 e. The predicted octanol–water partition coefficient (Wildman–Crippen LogP) is 1.87. The molecule has 0 atom stereocenters. The standard InChI is InChI=1S/C14H15BrN4O2/c15-11-4-2-1-3-10(11)14-19-18-13(21-14)8-16-7-12(20)17-9-5-6-9/h1-4,9,16H,5-8H2,(H,17,20). The molecule has 0 aliphatic heterocycles. The summed E-state index contributed by atoms with van der Waals surface area (Å²) in [4.78, 5) is 11.5. The van der Waals surface area contributed by atoms with Crippen molar-refractivity contribution in [1.29, 1.82) is 0 Å². The van der Waals surface area contributed by atoms with E-state index in [4.69, 9.17) is 4.42 Å². The van der Waals surface area contributed by atoms with E-state index in [0.717, 1.165) is 22.9 Å². The van der Waals surface area contributed by atoms with E-state index in [1.54, 1.807) is 0 Å². The summed E-state index contributed by atoms with van der Waals surface area (Å²) >= 11 is 3.45. The summed E-state index contributed by atoms with van der Waals surface area (Å²) in [5.41, 5.74) is 0.850. The monoisotopic (exact) mass is 350 g/mol. The minimum atomic E-state index is 0.00282. The van der Waals surface area contributed by atoms with Crippen LogP contribution >= 0.6 is 15.9 Å². The minimum absolute atomic E-state index is 0.00282. The average molecular weight is 351 g/mol. The molecule has 1 fully saturated rings. The van der Waals surface area contributed by atoms with E-state index >= 15 is 0 Å². The van der Waals surface area contributed by atoms with Gasteiger partial charge in [-0.1, -0.05) is 12.1 Å². The Morgan fingerprint density at radius 3 is 2.90 bits per heavy atom. The van der Waals surface area contributed by atoms with Gasteiger partial charge in [-0.25, -0.2) is 0 Å². The number of nitrogens with one attached hydrogen (secondary N) is 2. The molecule has 0 radical (unpaired) electrons. The van der Waals surface area contributed by atoms with Gasteiger partial charge in [0.15, 0.2) is 0 Å². The molecule has 3 rings (SSSR count). The molecule has 1 aromatic heterocycles. The van der Waals surface area contributed by atoms with E-state index in [9.17, 15) is 4.79 Å². The van der Waals surface area contributed by atoms with Crippen molar-refractivity contribution in [2.24, 2.45) is 0 Å². The van der Waals surface area contributed by atoms with Gasteiger partial charge < -0.3 is 9.73 Å². The van der Waals surface area contributed by atoms with Crippen LogP contribution < -0.4 is 10.6 Å². The first-order chi connectivity index (χ1) is 10.2. The number of halogens is 1. The van der Waals surface area contributed by atoms with Crippen LogP contribution in [0.3, 0.4) is 0 Å². The summed E-state index contributed by atoms with van der Waals surface area (Å²) in [7, 11) is 0. The Hall–Kier alpha value is -1.73. The van der Waals surface area contributed by atoms with Crippen LogP contribution in [-0.2, 0) is 11.3 Å². The molecule has 110 valence electrons. The van der Waals surface area contributed by atoms with Crippen molar-refractivity contribution in [3.63, 3.8) is 0 Å². The number of carbonyl (C=O) groups excluding carboxylic acids is 1. The summed E-state index contributed by atoms with van der Waals surface area (Å²) < 4.78 is 6.48. The fourth-order valence-electron chi connectivity index (χ4n) is 1.86. The SMILES string of the molecule is O=C(CNCc1nnc(-c2ccccc2Br)o1)NC1CC1. The van der Waals surface area contributed by atoms with Crippen LogP contribution in [0.5, 0.6) is 0 Å². The smallest absolute Gasteiger partial charge is 0.248 e. The Kier molecular flexibility index (Phi) is 4.31. The molecule has 21 heavy (non-hydrogen) atoms. The maximum absolute atomic E-state index is 11.5. The van der Waals surface area contributed by atoms with Crippen LogP contribution in [0.1, 0.15) is 18.7 Å². The van der Waals surface area contributed by atoms with Gasteiger partial charge in [-0.2, -0.15) is 0 Å². The first kappa shape index (κ1) is 14.2. The molecule has 0 bridgehead atoms. The van der Waals surface area contributed by atoms with Gasteiger partial charge in [0.2, 0.25) is 17.7 Å². The molecule has 1 aromatic carbocycles. The van der Waals surface area contributed by atoms with Crippen molar-refractivity contribution in [3.8, 4) is 11.5 Å². The minimum Gasteiger partial charge on any atom is -0.419 e. The van der Waals surface area contributed by atoms with Crippen molar-refractivity contribution in [2.75, 3.05) is 6.54 Å². The number of hydrogen-bond acceptors (Lipinski definition) is 5. The van der Waals surface area contributed by atoms with Crippen molar-refractivity contribution in [2.45, 2.75) is 25.4 Å². The number of amides is 1. The number of hydrogen-bond donors (Lipinski definition) is 2. The highest BCUT2D eigenvalue weighted by Gasteiger charge is 2.22. The topological polar surface area (TPSA) is 80.1 Å². The highest BCUT2D eigenvalue weighted by Crippen LogP contribution is 2.26. The molecular formula is C14H15BrN4O2. The first-order valence-electron chi connectivity index (χ1n) is 6.80. The summed E-state index contributed by atoms with van der Waals surface area (Å²) in [6, 6.07) is 8.03. The number of carbonyl (C=O) groups is 1. The zero-order valence-corrected chi connectivity index (χ0v) is 12.9. The first-order valence-corrected chi connectivity index (χ1v) is 7.59. The Balaban J connectivity index is 1.53. The molecule has 1 amide bonds. The van der Waals surface area contributed by atoms with Crippen molar-refractivity contribution in [3.05, 3.63) is 34.6 Å². The van der Waals surface area contributed by atoms with E-state index in [-0.39, 0.29) is 12.5 Å². The molecule has 7 heteroatoms. The van der Waals surface area contributed by atoms with Crippen LogP contribution in [-0.4, -0.2) is 28.7 Å². The summed E-state index contributed by atoms with van der Waals surface area (Å²) in [5, 5.41) is 13.9. The Bertz CT molecular complexity index is 639. The molecule has 0 spiro atoms. The van der Waals surface area contributed by atoms with Crippen LogP contribution in [0.25, 0.3) is 11.5 Å². The van der Waals surface area contributed by atoms with Crippen molar-refractivity contribution in [1.82, 2.24) is 20.8 Å². The van der Waals surface area contributed by atoms with E-state index < -0.39 is 0 Å². The number of nitrogens with zero attached hydrogens (tertiary/aromatic N) is 2. The highest BCUT2D eigenvalue weighted by atomic mass is 79.9. The molecule has 1 aliphatic carbocycles. The zero-order valence-electron chi connectivity index (χ0n) is 11.3. The Morgan fingerprint density at radius 2 is 2.14 bits per heavy atom. The summed E-state index contributed by atoms with van der Waals surface area (Å²) in [6.07, 6.45) is 2.18. The van der Waals surface area contributed by atoms with E-state index in [1.807, 2.05) is 24.3 Å². The molecular weight excluding hydrogens is 336 g/mol. The van der Waals surface area contributed by atoms with Gasteiger partial charge in [0.1, 0.15) is 0 Å². The van der Waals surface area contributed by atoms with Crippen molar-refractivity contribution < 1.29 is 9.21 Å². The fraction of sp³-hybridized carbons (Fsp3) is 0.357. The normalized spacial score (nSPS) is 14.1. The lowest BCUT2D eigenvalue weighted by atomic mass is 10.2. The quantitative estimate of drug-likeness (QED) is 0.831. The van der Waals surface area contributed by atoms with Crippen LogP contribution in [0.2, 0.25) is 0 Å². The third-order valence-electron chi connectivity index (χ3n) is 3.08. The fourth-order valence-corrected chi connectivity index (χ4v) is 2.31. The van der Waals surface area contributed by atoms with Gasteiger partial charge in [0, 0.05) is 10.5 Å². The van der Waals surface area contributed by atoms with E-state index in [1.165, 1.54) is 0 Å². The number of benzene rings is 1. The third-order valence-corrected chi connectivity index (χ3v) is 3.77. The highest BCUT2D eigenvalue weighted by molar-refractivity contribution is 9.10. The van der Waals surface area contributed by atoms with Gasteiger partial charge in [0.05, 0.1) is 18.7 Å². The lowest BCUT2D eigenvalue weighted by molar-refractivity contribution is -0.120. The van der Waals surface area contributed by atoms with Gasteiger partial charge >= 0.3 is 0 Å². The van der Waals surface area contributed by atoms with E-state index in [0.29, 0.717) is 24.4 Å². The van der Waals surface area contributed by atoms with Gasteiger partial charge in [-0.05, 0) is 40.9 Å². The largest absolute Gasteiger partial charge is 0.419 e. The molecule has 2 aromatic rings. The molecule has 6 nitrogen and oxygen atoms in total. The van der Waals surface area contributed by atoms with E-state index in [2.05, 4.69) is 36.8 Å². The molecule has 1 aliphatic rings. The summed E-state index contributed by atoms with van der Waals surface area (Å²) in [5.74, 6) is 0.921. The predicted molar refractivity (Wildman–Crippen MR) is 80.3 cm³/mol. The average Bonchev–Trinajstić information content (AvgIpc) is 3.15. The van der Waals surface area contributed by atoms with Gasteiger partial charge in [-0.3, -0.25) is 10.1 Å². The molecule has 1 heterocycles. The van der Waals surface area contributed by atoms with Crippen LogP contribution in [0, 0.1) is 0 Å². The lowest BCUT2D eigenvalue weighted by Gasteiger charge is -2.03. The lowest BCUT2D eigenvalue weighted by Crippen LogP contribution is -2.34. The third kappa shape index (κ3) is 3.89. The second-order valence-electron chi connectivity index (χ2n) is 4.93. The molecule has 2 N–H and O–H groups in total. The van der Waals surface area contributed by atoms with Gasteiger partial charge in [-0.15, -0.1) is 10.2 Å².